The van der Waals surface area contributed by atoms with Gasteiger partial charge in [0.1, 0.15) is 5.54 Å². The quantitative estimate of drug-likeness (QED) is 0.696. The molecule has 21 heavy (non-hydrogen) atoms. The molecule has 1 aliphatic heterocycles. The number of ether oxygens (including phenoxy) is 1. The monoisotopic (exact) mass is 298 g/mol. The van der Waals surface area contributed by atoms with Crippen molar-refractivity contribution in [2.24, 2.45) is 0 Å². The lowest BCUT2D eigenvalue weighted by Gasteiger charge is -2.32. The summed E-state index contributed by atoms with van der Waals surface area (Å²) in [5.41, 5.74) is -1.10. The lowest BCUT2D eigenvalue weighted by atomic mass is 9.90. The number of amides is 2. The van der Waals surface area contributed by atoms with Gasteiger partial charge in [0.15, 0.2) is 0 Å². The summed E-state index contributed by atoms with van der Waals surface area (Å²) >= 11 is 0. The SMILES string of the molecule is CC1CC(NC(=O)NC2(C(=O)O)CCCCCC2)CCO1. The second-order valence-electron chi connectivity index (χ2n) is 6.30. The van der Waals surface area contributed by atoms with Crippen molar-refractivity contribution in [3.8, 4) is 0 Å². The molecule has 2 unspecified atom stereocenters. The number of carboxylic acid groups (broad SMARTS) is 1. The minimum absolute atomic E-state index is 0.0605. The van der Waals surface area contributed by atoms with Gasteiger partial charge in [-0.3, -0.25) is 0 Å². The van der Waals surface area contributed by atoms with Crippen LogP contribution in [0.25, 0.3) is 0 Å². The molecule has 0 bridgehead atoms. The van der Waals surface area contributed by atoms with E-state index in [1.165, 1.54) is 0 Å². The van der Waals surface area contributed by atoms with Crippen LogP contribution >= 0.6 is 0 Å². The smallest absolute Gasteiger partial charge is 0.329 e. The Labute approximate surface area is 125 Å². The number of carbonyl (C=O) groups excluding carboxylic acids is 1. The van der Waals surface area contributed by atoms with Gasteiger partial charge in [-0.15, -0.1) is 0 Å². The molecule has 2 atom stereocenters. The van der Waals surface area contributed by atoms with Crippen LogP contribution < -0.4 is 10.6 Å². The maximum atomic E-state index is 12.2. The van der Waals surface area contributed by atoms with Gasteiger partial charge in [-0.2, -0.15) is 0 Å². The first-order valence-corrected chi connectivity index (χ1v) is 7.95. The van der Waals surface area contributed by atoms with Crippen LogP contribution in [0.15, 0.2) is 0 Å². The Bertz CT molecular complexity index is 378. The molecule has 0 aromatic rings. The van der Waals surface area contributed by atoms with Crippen LogP contribution in [0.3, 0.4) is 0 Å². The fourth-order valence-corrected chi connectivity index (χ4v) is 3.29. The Morgan fingerprint density at radius 2 is 1.86 bits per heavy atom. The molecular formula is C15H26N2O4. The van der Waals surface area contributed by atoms with Crippen LogP contribution in [0.5, 0.6) is 0 Å². The zero-order chi connectivity index (χ0) is 15.3. The maximum absolute atomic E-state index is 12.2. The number of carboxylic acids is 1. The molecule has 2 amide bonds. The second-order valence-corrected chi connectivity index (χ2v) is 6.30. The first-order valence-electron chi connectivity index (χ1n) is 7.95. The van der Waals surface area contributed by atoms with E-state index in [9.17, 15) is 14.7 Å². The van der Waals surface area contributed by atoms with Gasteiger partial charge >= 0.3 is 12.0 Å². The first kappa shape index (κ1) is 16.1. The molecule has 3 N–H and O–H groups in total. The molecule has 120 valence electrons. The summed E-state index contributed by atoms with van der Waals surface area (Å²) in [6.07, 6.45) is 6.48. The van der Waals surface area contributed by atoms with E-state index >= 15 is 0 Å². The predicted octanol–water partition coefficient (Wildman–Crippen LogP) is 2.03. The highest BCUT2D eigenvalue weighted by Crippen LogP contribution is 2.27. The maximum Gasteiger partial charge on any atom is 0.329 e. The van der Waals surface area contributed by atoms with E-state index in [0.717, 1.165) is 38.5 Å². The van der Waals surface area contributed by atoms with Crippen LogP contribution in [0, 0.1) is 0 Å². The average molecular weight is 298 g/mol. The van der Waals surface area contributed by atoms with Gasteiger partial charge in [0.25, 0.3) is 0 Å². The van der Waals surface area contributed by atoms with Crippen LogP contribution in [-0.4, -0.2) is 41.4 Å². The average Bonchev–Trinajstić information content (AvgIpc) is 2.65. The summed E-state index contributed by atoms with van der Waals surface area (Å²) in [4.78, 5) is 23.8. The molecule has 1 heterocycles. The minimum atomic E-state index is -1.10. The number of hydrogen-bond donors (Lipinski definition) is 3. The molecule has 6 nitrogen and oxygen atoms in total. The molecule has 1 saturated heterocycles. The molecule has 2 fully saturated rings. The number of urea groups is 1. The molecule has 0 aromatic carbocycles. The second kappa shape index (κ2) is 7.11. The van der Waals surface area contributed by atoms with Gasteiger partial charge in [0, 0.05) is 12.6 Å². The first-order chi connectivity index (χ1) is 10.0. The normalized spacial score (nSPS) is 29.2. The topological polar surface area (TPSA) is 87.7 Å². The zero-order valence-corrected chi connectivity index (χ0v) is 12.7. The number of rotatable bonds is 3. The van der Waals surface area contributed by atoms with Crippen LogP contribution in [0.1, 0.15) is 58.3 Å². The molecule has 6 heteroatoms. The molecule has 2 aliphatic rings. The Morgan fingerprint density at radius 1 is 1.19 bits per heavy atom. The molecule has 2 rings (SSSR count). The molecular weight excluding hydrogens is 272 g/mol. The third kappa shape index (κ3) is 4.33. The Balaban J connectivity index is 1.93. The fourth-order valence-electron chi connectivity index (χ4n) is 3.29. The molecule has 0 spiro atoms. The minimum Gasteiger partial charge on any atom is -0.480 e. The number of hydrogen-bond acceptors (Lipinski definition) is 3. The van der Waals surface area contributed by atoms with Gasteiger partial charge in [-0.05, 0) is 32.6 Å². The Morgan fingerprint density at radius 3 is 2.43 bits per heavy atom. The van der Waals surface area contributed by atoms with Crippen molar-refractivity contribution >= 4 is 12.0 Å². The number of carbonyl (C=O) groups is 2. The summed E-state index contributed by atoms with van der Waals surface area (Å²) < 4.78 is 5.45. The standard InChI is InChI=1S/C15H26N2O4/c1-11-10-12(6-9-21-11)16-14(20)17-15(13(18)19)7-4-2-3-5-8-15/h11-12H,2-10H2,1H3,(H,18,19)(H2,16,17,20). The zero-order valence-electron chi connectivity index (χ0n) is 12.7. The van der Waals surface area contributed by atoms with E-state index in [4.69, 9.17) is 4.74 Å². The van der Waals surface area contributed by atoms with Gasteiger partial charge in [-0.25, -0.2) is 9.59 Å². The summed E-state index contributed by atoms with van der Waals surface area (Å²) in [7, 11) is 0. The molecule has 1 aliphatic carbocycles. The third-order valence-corrected chi connectivity index (χ3v) is 4.54. The van der Waals surface area contributed by atoms with Gasteiger partial charge in [0.2, 0.25) is 0 Å². The van der Waals surface area contributed by atoms with E-state index in [0.29, 0.717) is 19.4 Å². The van der Waals surface area contributed by atoms with Crippen molar-refractivity contribution < 1.29 is 19.4 Å². The van der Waals surface area contributed by atoms with E-state index in [2.05, 4.69) is 10.6 Å². The Hall–Kier alpha value is -1.30. The highest BCUT2D eigenvalue weighted by Gasteiger charge is 2.40. The number of nitrogens with one attached hydrogen (secondary N) is 2. The van der Waals surface area contributed by atoms with Crippen molar-refractivity contribution in [1.29, 1.82) is 0 Å². The van der Waals surface area contributed by atoms with Crippen LogP contribution in [-0.2, 0) is 9.53 Å². The highest BCUT2D eigenvalue weighted by atomic mass is 16.5. The fraction of sp³-hybridized carbons (Fsp3) is 0.867. The highest BCUT2D eigenvalue weighted by molar-refractivity contribution is 5.86. The summed E-state index contributed by atoms with van der Waals surface area (Å²) in [6.45, 7) is 2.62. The molecule has 0 radical (unpaired) electrons. The summed E-state index contributed by atoms with van der Waals surface area (Å²) in [5, 5.41) is 15.2. The van der Waals surface area contributed by atoms with Crippen LogP contribution in [0.2, 0.25) is 0 Å². The van der Waals surface area contributed by atoms with Crippen molar-refractivity contribution in [2.75, 3.05) is 6.61 Å². The third-order valence-electron chi connectivity index (χ3n) is 4.54. The van der Waals surface area contributed by atoms with E-state index in [1.807, 2.05) is 6.92 Å². The predicted molar refractivity (Wildman–Crippen MR) is 78.2 cm³/mol. The van der Waals surface area contributed by atoms with E-state index < -0.39 is 11.5 Å². The van der Waals surface area contributed by atoms with Crippen molar-refractivity contribution in [1.82, 2.24) is 10.6 Å². The molecule has 1 saturated carbocycles. The largest absolute Gasteiger partial charge is 0.480 e. The van der Waals surface area contributed by atoms with Gasteiger partial charge in [0.05, 0.1) is 6.10 Å². The summed E-state index contributed by atoms with van der Waals surface area (Å²) in [6, 6.07) is -0.302. The van der Waals surface area contributed by atoms with E-state index in [1.54, 1.807) is 0 Å². The molecule has 0 aromatic heterocycles. The number of aliphatic carboxylic acids is 1. The summed E-state index contributed by atoms with van der Waals surface area (Å²) in [5.74, 6) is -0.917. The van der Waals surface area contributed by atoms with Gasteiger partial charge < -0.3 is 20.5 Å². The van der Waals surface area contributed by atoms with E-state index in [-0.39, 0.29) is 18.2 Å². The van der Waals surface area contributed by atoms with Gasteiger partial charge in [-0.1, -0.05) is 25.7 Å². The van der Waals surface area contributed by atoms with Crippen molar-refractivity contribution in [3.63, 3.8) is 0 Å². The Kier molecular flexibility index (Phi) is 5.45. The lowest BCUT2D eigenvalue weighted by molar-refractivity contribution is -0.145. The van der Waals surface area contributed by atoms with Crippen molar-refractivity contribution in [2.45, 2.75) is 76.0 Å². The van der Waals surface area contributed by atoms with Crippen LogP contribution in [0.4, 0.5) is 4.79 Å². The lowest BCUT2D eigenvalue weighted by Crippen LogP contribution is -2.58. The van der Waals surface area contributed by atoms with Crippen molar-refractivity contribution in [3.05, 3.63) is 0 Å².